The maximum atomic E-state index is 11.4. The van der Waals surface area contributed by atoms with Crippen LogP contribution in [-0.2, 0) is 4.79 Å². The minimum absolute atomic E-state index is 0.247. The fourth-order valence-corrected chi connectivity index (χ4v) is 1.41. The molecule has 1 atom stereocenters. The van der Waals surface area contributed by atoms with Gasteiger partial charge in [-0.3, -0.25) is 4.79 Å². The smallest absolute Gasteiger partial charge is 0.223 e. The van der Waals surface area contributed by atoms with E-state index in [1.54, 1.807) is 0 Å². The predicted octanol–water partition coefficient (Wildman–Crippen LogP) is 2.32. The highest BCUT2D eigenvalue weighted by Crippen LogP contribution is 2.26. The van der Waals surface area contributed by atoms with Gasteiger partial charge in [-0.1, -0.05) is 36.2 Å². The molecule has 1 fully saturated rings. The van der Waals surface area contributed by atoms with Crippen molar-refractivity contribution < 1.29 is 4.79 Å². The Morgan fingerprint density at radius 1 is 1.54 bits per heavy atom. The Kier molecular flexibility index (Phi) is 4.23. The Morgan fingerprint density at radius 3 is 2.54 bits per heavy atom. The van der Waals surface area contributed by atoms with E-state index in [2.05, 4.69) is 35.1 Å². The zero-order chi connectivity index (χ0) is 9.84. The van der Waals surface area contributed by atoms with Gasteiger partial charge in [-0.2, -0.15) is 0 Å². The zero-order valence-corrected chi connectivity index (χ0v) is 9.93. The monoisotopic (exact) mass is 247 g/mol. The van der Waals surface area contributed by atoms with Crippen LogP contribution < -0.4 is 5.32 Å². The standard InChI is InChI=1S/C10H18BrNO/c1-7(2)9(11)6-12-10(13)8-4-3-5-8/h7-9H,3-6H2,1-2H3,(H,12,13). The van der Waals surface area contributed by atoms with E-state index in [1.807, 2.05) is 0 Å². The van der Waals surface area contributed by atoms with Gasteiger partial charge in [0.1, 0.15) is 0 Å². The van der Waals surface area contributed by atoms with Gasteiger partial charge < -0.3 is 5.32 Å². The molecule has 0 saturated heterocycles. The van der Waals surface area contributed by atoms with E-state index in [1.165, 1.54) is 6.42 Å². The quantitative estimate of drug-likeness (QED) is 0.760. The van der Waals surface area contributed by atoms with E-state index in [9.17, 15) is 4.79 Å². The Labute approximate surface area is 88.6 Å². The van der Waals surface area contributed by atoms with Crippen LogP contribution in [0.4, 0.5) is 0 Å². The summed E-state index contributed by atoms with van der Waals surface area (Å²) in [5.41, 5.74) is 0. The van der Waals surface area contributed by atoms with Gasteiger partial charge >= 0.3 is 0 Å². The minimum Gasteiger partial charge on any atom is -0.355 e. The van der Waals surface area contributed by atoms with Gasteiger partial charge in [0.25, 0.3) is 0 Å². The Hall–Kier alpha value is -0.0500. The fourth-order valence-electron chi connectivity index (χ4n) is 1.25. The molecule has 0 aromatic rings. The Balaban J connectivity index is 2.14. The van der Waals surface area contributed by atoms with E-state index in [4.69, 9.17) is 0 Å². The van der Waals surface area contributed by atoms with Crippen molar-refractivity contribution in [2.24, 2.45) is 11.8 Å². The first-order chi connectivity index (χ1) is 6.11. The summed E-state index contributed by atoms with van der Waals surface area (Å²) in [4.78, 5) is 11.8. The molecule has 0 bridgehead atoms. The number of carbonyl (C=O) groups excluding carboxylic acids is 1. The van der Waals surface area contributed by atoms with Gasteiger partial charge in [-0.25, -0.2) is 0 Å². The van der Waals surface area contributed by atoms with E-state index < -0.39 is 0 Å². The van der Waals surface area contributed by atoms with Crippen LogP contribution in [0.1, 0.15) is 33.1 Å². The number of hydrogen-bond donors (Lipinski definition) is 1. The summed E-state index contributed by atoms with van der Waals surface area (Å²) in [5.74, 6) is 1.13. The Morgan fingerprint density at radius 2 is 2.15 bits per heavy atom. The molecule has 1 amide bonds. The maximum absolute atomic E-state index is 11.4. The van der Waals surface area contributed by atoms with Gasteiger partial charge in [0.2, 0.25) is 5.91 Å². The summed E-state index contributed by atoms with van der Waals surface area (Å²) in [5, 5.41) is 2.98. The van der Waals surface area contributed by atoms with Crippen LogP contribution in [0.25, 0.3) is 0 Å². The highest BCUT2D eigenvalue weighted by atomic mass is 79.9. The van der Waals surface area contributed by atoms with Crippen molar-refractivity contribution in [3.63, 3.8) is 0 Å². The topological polar surface area (TPSA) is 29.1 Å². The number of rotatable bonds is 4. The summed E-state index contributed by atoms with van der Waals surface area (Å²) >= 11 is 3.55. The van der Waals surface area contributed by atoms with Gasteiger partial charge in [-0.05, 0) is 18.8 Å². The van der Waals surface area contributed by atoms with Gasteiger partial charge in [0, 0.05) is 17.3 Å². The lowest BCUT2D eigenvalue weighted by Gasteiger charge is -2.25. The average Bonchev–Trinajstić information content (AvgIpc) is 1.96. The first kappa shape index (κ1) is 11.0. The lowest BCUT2D eigenvalue weighted by atomic mass is 9.85. The highest BCUT2D eigenvalue weighted by Gasteiger charge is 2.25. The van der Waals surface area contributed by atoms with Crippen molar-refractivity contribution in [1.29, 1.82) is 0 Å². The molecule has 0 aliphatic heterocycles. The number of amides is 1. The van der Waals surface area contributed by atoms with Crippen LogP contribution in [0, 0.1) is 11.8 Å². The molecule has 1 saturated carbocycles. The second kappa shape index (κ2) is 4.99. The highest BCUT2D eigenvalue weighted by molar-refractivity contribution is 9.09. The molecule has 0 radical (unpaired) electrons. The molecule has 1 N–H and O–H groups in total. The van der Waals surface area contributed by atoms with Crippen LogP contribution in [0.3, 0.4) is 0 Å². The molecule has 0 heterocycles. The number of hydrogen-bond acceptors (Lipinski definition) is 1. The molecule has 3 heteroatoms. The van der Waals surface area contributed by atoms with Gasteiger partial charge in [-0.15, -0.1) is 0 Å². The second-order valence-electron chi connectivity index (χ2n) is 4.13. The SMILES string of the molecule is CC(C)C(Br)CNC(=O)C1CCC1. The predicted molar refractivity (Wildman–Crippen MR) is 57.9 cm³/mol. The molecule has 0 aromatic heterocycles. The number of nitrogens with one attached hydrogen (secondary N) is 1. The lowest BCUT2D eigenvalue weighted by Crippen LogP contribution is -2.38. The van der Waals surface area contributed by atoms with Crippen molar-refractivity contribution in [3.8, 4) is 0 Å². The molecule has 0 aromatic carbocycles. The first-order valence-corrected chi connectivity index (χ1v) is 5.94. The first-order valence-electron chi connectivity index (χ1n) is 5.03. The van der Waals surface area contributed by atoms with E-state index >= 15 is 0 Å². The number of halogens is 1. The van der Waals surface area contributed by atoms with Gasteiger partial charge in [0.05, 0.1) is 0 Å². The summed E-state index contributed by atoms with van der Waals surface area (Å²) in [6, 6.07) is 0. The summed E-state index contributed by atoms with van der Waals surface area (Å²) in [7, 11) is 0. The van der Waals surface area contributed by atoms with Crippen LogP contribution in [-0.4, -0.2) is 17.3 Å². The van der Waals surface area contributed by atoms with Crippen LogP contribution in [0.5, 0.6) is 0 Å². The maximum Gasteiger partial charge on any atom is 0.223 e. The molecule has 1 aliphatic carbocycles. The third-order valence-corrected chi connectivity index (χ3v) is 4.05. The summed E-state index contributed by atoms with van der Waals surface area (Å²) < 4.78 is 0. The van der Waals surface area contributed by atoms with E-state index in [-0.39, 0.29) is 5.91 Å². The number of alkyl halides is 1. The molecule has 2 nitrogen and oxygen atoms in total. The van der Waals surface area contributed by atoms with Crippen molar-refractivity contribution in [2.45, 2.75) is 37.9 Å². The van der Waals surface area contributed by atoms with Crippen molar-refractivity contribution in [1.82, 2.24) is 5.32 Å². The molecule has 76 valence electrons. The summed E-state index contributed by atoms with van der Waals surface area (Å²) in [6.07, 6.45) is 3.39. The molecular formula is C10H18BrNO. The molecule has 1 aliphatic rings. The van der Waals surface area contributed by atoms with Gasteiger partial charge in [0.15, 0.2) is 0 Å². The summed E-state index contributed by atoms with van der Waals surface area (Å²) in [6.45, 7) is 5.05. The number of carbonyl (C=O) groups is 1. The van der Waals surface area contributed by atoms with E-state index in [0.717, 1.165) is 19.4 Å². The average molecular weight is 248 g/mol. The van der Waals surface area contributed by atoms with Crippen LogP contribution in [0.15, 0.2) is 0 Å². The molecule has 13 heavy (non-hydrogen) atoms. The van der Waals surface area contributed by atoms with Crippen molar-refractivity contribution >= 4 is 21.8 Å². The molecule has 0 spiro atoms. The Bertz CT molecular complexity index is 178. The van der Waals surface area contributed by atoms with Crippen LogP contribution in [0.2, 0.25) is 0 Å². The third-order valence-electron chi connectivity index (χ3n) is 2.67. The third kappa shape index (κ3) is 3.29. The minimum atomic E-state index is 0.247. The van der Waals surface area contributed by atoms with E-state index in [0.29, 0.717) is 16.7 Å². The molecular weight excluding hydrogens is 230 g/mol. The largest absolute Gasteiger partial charge is 0.355 e. The fraction of sp³-hybridized carbons (Fsp3) is 0.900. The second-order valence-corrected chi connectivity index (χ2v) is 5.31. The molecule has 1 unspecified atom stereocenters. The normalized spacial score (nSPS) is 19.7. The van der Waals surface area contributed by atoms with Crippen molar-refractivity contribution in [3.05, 3.63) is 0 Å². The molecule has 1 rings (SSSR count). The lowest BCUT2D eigenvalue weighted by molar-refractivity contribution is -0.127. The van der Waals surface area contributed by atoms with Crippen LogP contribution >= 0.6 is 15.9 Å². The zero-order valence-electron chi connectivity index (χ0n) is 8.35. The van der Waals surface area contributed by atoms with Crippen molar-refractivity contribution in [2.75, 3.05) is 6.54 Å².